The number of nitrogens with zero attached hydrogens (tertiary/aromatic N) is 5. The van der Waals surface area contributed by atoms with Crippen LogP contribution in [0.15, 0.2) is 42.7 Å². The standard InChI is InChI=1S/C13H12N6/c1-9-3-5-10(6-4-9)11-16-12(14)18-13(17-11)19-8-2-7-15-19/h2-8H,1H3,(H2,14,16,17,18). The number of hydrogen-bond donors (Lipinski definition) is 1. The van der Waals surface area contributed by atoms with Crippen molar-refractivity contribution in [1.82, 2.24) is 24.7 Å². The molecular formula is C13H12N6. The molecule has 6 heteroatoms. The molecule has 2 N–H and O–H groups in total. The zero-order valence-corrected chi connectivity index (χ0v) is 10.4. The van der Waals surface area contributed by atoms with Crippen LogP contribution in [0.25, 0.3) is 17.3 Å². The van der Waals surface area contributed by atoms with E-state index in [4.69, 9.17) is 5.73 Å². The summed E-state index contributed by atoms with van der Waals surface area (Å²) in [4.78, 5) is 12.6. The van der Waals surface area contributed by atoms with E-state index in [0.717, 1.165) is 5.56 Å². The van der Waals surface area contributed by atoms with Crippen molar-refractivity contribution in [2.24, 2.45) is 0 Å². The summed E-state index contributed by atoms with van der Waals surface area (Å²) in [7, 11) is 0. The van der Waals surface area contributed by atoms with Gasteiger partial charge in [-0.1, -0.05) is 29.8 Å². The van der Waals surface area contributed by atoms with Crippen molar-refractivity contribution in [3.63, 3.8) is 0 Å². The molecule has 0 unspecified atom stereocenters. The third-order valence-corrected chi connectivity index (χ3v) is 2.66. The van der Waals surface area contributed by atoms with Crippen LogP contribution in [0.4, 0.5) is 5.95 Å². The highest BCUT2D eigenvalue weighted by molar-refractivity contribution is 5.56. The van der Waals surface area contributed by atoms with Crippen molar-refractivity contribution in [2.75, 3.05) is 5.73 Å². The number of anilines is 1. The molecule has 0 aliphatic heterocycles. The lowest BCUT2D eigenvalue weighted by Gasteiger charge is -2.05. The number of benzene rings is 1. The monoisotopic (exact) mass is 252 g/mol. The SMILES string of the molecule is Cc1ccc(-c2nc(N)nc(-n3cccn3)n2)cc1. The molecule has 94 valence electrons. The first kappa shape index (κ1) is 11.3. The molecule has 0 aliphatic rings. The molecule has 0 aliphatic carbocycles. The summed E-state index contributed by atoms with van der Waals surface area (Å²) in [5.41, 5.74) is 7.80. The molecule has 0 spiro atoms. The first-order valence-corrected chi connectivity index (χ1v) is 5.81. The van der Waals surface area contributed by atoms with Crippen LogP contribution in [0.2, 0.25) is 0 Å². The van der Waals surface area contributed by atoms with E-state index in [2.05, 4.69) is 20.1 Å². The molecule has 2 heterocycles. The fourth-order valence-electron chi connectivity index (χ4n) is 1.70. The molecule has 3 rings (SSSR count). The Bertz CT molecular complexity index is 688. The van der Waals surface area contributed by atoms with Gasteiger partial charge in [0.25, 0.3) is 5.95 Å². The summed E-state index contributed by atoms with van der Waals surface area (Å²) in [6.07, 6.45) is 3.42. The topological polar surface area (TPSA) is 82.5 Å². The van der Waals surface area contributed by atoms with Crippen molar-refractivity contribution in [3.05, 3.63) is 48.3 Å². The predicted octanol–water partition coefficient (Wildman–Crippen LogP) is 1.61. The molecule has 0 saturated carbocycles. The molecular weight excluding hydrogens is 240 g/mol. The Hall–Kier alpha value is -2.76. The van der Waals surface area contributed by atoms with Gasteiger partial charge in [0.05, 0.1) is 0 Å². The Morgan fingerprint density at radius 1 is 1.05 bits per heavy atom. The van der Waals surface area contributed by atoms with Crippen LogP contribution in [-0.4, -0.2) is 24.7 Å². The summed E-state index contributed by atoms with van der Waals surface area (Å²) >= 11 is 0. The second-order valence-corrected chi connectivity index (χ2v) is 4.13. The summed E-state index contributed by atoms with van der Waals surface area (Å²) < 4.78 is 1.55. The summed E-state index contributed by atoms with van der Waals surface area (Å²) in [6, 6.07) is 9.71. The summed E-state index contributed by atoms with van der Waals surface area (Å²) in [5.74, 6) is 1.13. The molecule has 0 atom stereocenters. The lowest BCUT2D eigenvalue weighted by molar-refractivity contribution is 0.801. The Balaban J connectivity index is 2.10. The maximum atomic E-state index is 5.73. The quantitative estimate of drug-likeness (QED) is 0.749. The number of rotatable bonds is 2. The van der Waals surface area contributed by atoms with Crippen LogP contribution in [0, 0.1) is 6.92 Å². The summed E-state index contributed by atoms with van der Waals surface area (Å²) in [5, 5.41) is 4.08. The van der Waals surface area contributed by atoms with Gasteiger partial charge in [0.2, 0.25) is 5.95 Å². The lowest BCUT2D eigenvalue weighted by Crippen LogP contribution is -2.07. The number of aryl methyl sites for hydroxylation is 1. The first-order valence-electron chi connectivity index (χ1n) is 5.81. The fourth-order valence-corrected chi connectivity index (χ4v) is 1.70. The molecule has 0 saturated heterocycles. The third kappa shape index (κ3) is 2.28. The maximum Gasteiger partial charge on any atom is 0.255 e. The molecule has 0 fully saturated rings. The van der Waals surface area contributed by atoms with Gasteiger partial charge >= 0.3 is 0 Å². The highest BCUT2D eigenvalue weighted by Gasteiger charge is 2.08. The van der Waals surface area contributed by atoms with E-state index in [9.17, 15) is 0 Å². The minimum absolute atomic E-state index is 0.177. The minimum Gasteiger partial charge on any atom is -0.368 e. The van der Waals surface area contributed by atoms with Crippen molar-refractivity contribution >= 4 is 5.95 Å². The Morgan fingerprint density at radius 3 is 2.53 bits per heavy atom. The van der Waals surface area contributed by atoms with Crippen molar-refractivity contribution in [1.29, 1.82) is 0 Å². The zero-order chi connectivity index (χ0) is 13.2. The van der Waals surface area contributed by atoms with Gasteiger partial charge in [-0.05, 0) is 13.0 Å². The molecule has 1 aromatic carbocycles. The van der Waals surface area contributed by atoms with E-state index in [0.29, 0.717) is 11.8 Å². The van der Waals surface area contributed by atoms with Crippen LogP contribution in [0.3, 0.4) is 0 Å². The van der Waals surface area contributed by atoms with E-state index >= 15 is 0 Å². The first-order chi connectivity index (χ1) is 9.22. The maximum absolute atomic E-state index is 5.73. The number of nitrogen functional groups attached to an aromatic ring is 1. The van der Waals surface area contributed by atoms with Crippen LogP contribution in [0.5, 0.6) is 0 Å². The van der Waals surface area contributed by atoms with Gasteiger partial charge < -0.3 is 5.73 Å². The Morgan fingerprint density at radius 2 is 1.84 bits per heavy atom. The van der Waals surface area contributed by atoms with E-state index in [1.807, 2.05) is 31.2 Å². The van der Waals surface area contributed by atoms with Gasteiger partial charge in [-0.2, -0.15) is 20.1 Å². The molecule has 2 aromatic heterocycles. The van der Waals surface area contributed by atoms with E-state index in [-0.39, 0.29) is 5.95 Å². The van der Waals surface area contributed by atoms with Gasteiger partial charge in [-0.25, -0.2) is 4.68 Å². The minimum atomic E-state index is 0.177. The molecule has 3 aromatic rings. The average Bonchev–Trinajstić information content (AvgIpc) is 2.93. The lowest BCUT2D eigenvalue weighted by atomic mass is 10.1. The molecule has 19 heavy (non-hydrogen) atoms. The third-order valence-electron chi connectivity index (χ3n) is 2.66. The van der Waals surface area contributed by atoms with E-state index in [1.54, 1.807) is 23.1 Å². The number of hydrogen-bond acceptors (Lipinski definition) is 5. The molecule has 6 nitrogen and oxygen atoms in total. The second kappa shape index (κ2) is 4.49. The van der Waals surface area contributed by atoms with Crippen LogP contribution in [0.1, 0.15) is 5.56 Å². The van der Waals surface area contributed by atoms with Crippen LogP contribution in [-0.2, 0) is 0 Å². The van der Waals surface area contributed by atoms with Gasteiger partial charge in [0.1, 0.15) is 0 Å². The predicted molar refractivity (Wildman–Crippen MR) is 71.5 cm³/mol. The zero-order valence-electron chi connectivity index (χ0n) is 10.4. The van der Waals surface area contributed by atoms with Crippen LogP contribution >= 0.6 is 0 Å². The molecule has 0 amide bonds. The highest BCUT2D eigenvalue weighted by atomic mass is 15.4. The number of nitrogens with two attached hydrogens (primary N) is 1. The van der Waals surface area contributed by atoms with Crippen molar-refractivity contribution < 1.29 is 0 Å². The van der Waals surface area contributed by atoms with Crippen molar-refractivity contribution in [3.8, 4) is 17.3 Å². The van der Waals surface area contributed by atoms with Crippen molar-refractivity contribution in [2.45, 2.75) is 6.92 Å². The largest absolute Gasteiger partial charge is 0.368 e. The van der Waals surface area contributed by atoms with Gasteiger partial charge in [-0.3, -0.25) is 0 Å². The summed E-state index contributed by atoms with van der Waals surface area (Å²) in [6.45, 7) is 2.03. The van der Waals surface area contributed by atoms with E-state index < -0.39 is 0 Å². The number of aromatic nitrogens is 5. The van der Waals surface area contributed by atoms with Gasteiger partial charge in [0, 0.05) is 18.0 Å². The smallest absolute Gasteiger partial charge is 0.255 e. The van der Waals surface area contributed by atoms with Crippen LogP contribution < -0.4 is 5.73 Å². The normalized spacial score (nSPS) is 10.6. The van der Waals surface area contributed by atoms with Gasteiger partial charge in [-0.15, -0.1) is 0 Å². The fraction of sp³-hybridized carbons (Fsp3) is 0.0769. The second-order valence-electron chi connectivity index (χ2n) is 4.13. The Kier molecular flexibility index (Phi) is 2.68. The Labute approximate surface area is 110 Å². The average molecular weight is 252 g/mol. The highest BCUT2D eigenvalue weighted by Crippen LogP contribution is 2.17. The van der Waals surface area contributed by atoms with E-state index in [1.165, 1.54) is 5.56 Å². The molecule has 0 radical (unpaired) electrons. The molecule has 0 bridgehead atoms. The van der Waals surface area contributed by atoms with Gasteiger partial charge in [0.15, 0.2) is 5.82 Å².